The monoisotopic (exact) mass is 420 g/mol. The van der Waals surface area contributed by atoms with Gasteiger partial charge in [0.1, 0.15) is 0 Å². The summed E-state index contributed by atoms with van der Waals surface area (Å²) in [4.78, 5) is 11.1. The molecule has 0 bridgehead atoms. The number of carboxylic acid groups (broad SMARTS) is 1. The zero-order chi connectivity index (χ0) is 21.8. The number of aliphatic hydroxyl groups is 2. The quantitative estimate of drug-likeness (QED) is 0.577. The van der Waals surface area contributed by atoms with Crippen LogP contribution < -0.4 is 0 Å². The molecule has 4 nitrogen and oxygen atoms in total. The summed E-state index contributed by atoms with van der Waals surface area (Å²) in [5.74, 6) is 2.58. The highest BCUT2D eigenvalue weighted by atomic mass is 16.4. The molecule has 11 atom stereocenters. The summed E-state index contributed by atoms with van der Waals surface area (Å²) < 4.78 is 0. The van der Waals surface area contributed by atoms with E-state index in [-0.39, 0.29) is 29.5 Å². The third kappa shape index (κ3) is 3.36. The Balaban J connectivity index is 1.61. The lowest BCUT2D eigenvalue weighted by Crippen LogP contribution is -2.62. The van der Waals surface area contributed by atoms with Crippen LogP contribution in [0.2, 0.25) is 0 Å². The second kappa shape index (κ2) is 8.06. The van der Waals surface area contributed by atoms with Crippen molar-refractivity contribution in [1.29, 1.82) is 0 Å². The van der Waals surface area contributed by atoms with Crippen molar-refractivity contribution >= 4 is 5.97 Å². The molecule has 0 amide bonds. The SMILES string of the molecule is CC[C@H]1[C@@H](O)[C@@H]2[C@@H](CC[C@]3(C)[C@@H]([C@H](C)CCC(=O)O)CC[C@@H]23)[C@@]2(C)CC[C@@H](O)C[C@@H]12. The van der Waals surface area contributed by atoms with Crippen LogP contribution in [0.3, 0.4) is 0 Å². The fourth-order valence-electron chi connectivity index (χ4n) is 9.48. The summed E-state index contributed by atoms with van der Waals surface area (Å²) in [5.41, 5.74) is 0.480. The van der Waals surface area contributed by atoms with Crippen LogP contribution in [0.5, 0.6) is 0 Å². The summed E-state index contributed by atoms with van der Waals surface area (Å²) in [6, 6.07) is 0. The fraction of sp³-hybridized carbons (Fsp3) is 0.962. The number of carboxylic acids is 1. The molecular weight excluding hydrogens is 376 g/mol. The van der Waals surface area contributed by atoms with Crippen molar-refractivity contribution in [2.45, 2.75) is 104 Å². The maximum Gasteiger partial charge on any atom is 0.303 e. The van der Waals surface area contributed by atoms with Gasteiger partial charge in [-0.3, -0.25) is 4.79 Å². The Morgan fingerprint density at radius 3 is 2.33 bits per heavy atom. The highest BCUT2D eigenvalue weighted by Crippen LogP contribution is 2.69. The minimum atomic E-state index is -0.683. The van der Waals surface area contributed by atoms with Crippen molar-refractivity contribution < 1.29 is 20.1 Å². The second-order valence-corrected chi connectivity index (χ2v) is 12.0. The van der Waals surface area contributed by atoms with Crippen LogP contribution in [0.15, 0.2) is 0 Å². The van der Waals surface area contributed by atoms with E-state index in [4.69, 9.17) is 5.11 Å². The maximum absolute atomic E-state index is 11.7. The molecule has 0 saturated heterocycles. The van der Waals surface area contributed by atoms with Crippen LogP contribution >= 0.6 is 0 Å². The molecule has 4 rings (SSSR count). The molecule has 0 heterocycles. The number of rotatable bonds is 5. The zero-order valence-corrected chi connectivity index (χ0v) is 19.5. The van der Waals surface area contributed by atoms with Gasteiger partial charge in [0.2, 0.25) is 0 Å². The highest BCUT2D eigenvalue weighted by molar-refractivity contribution is 5.66. The first-order chi connectivity index (χ1) is 14.1. The van der Waals surface area contributed by atoms with Gasteiger partial charge < -0.3 is 15.3 Å². The highest BCUT2D eigenvalue weighted by Gasteiger charge is 2.64. The molecule has 0 aromatic carbocycles. The van der Waals surface area contributed by atoms with Gasteiger partial charge in [-0.15, -0.1) is 0 Å². The number of hydrogen-bond donors (Lipinski definition) is 3. The number of fused-ring (bicyclic) bond motifs is 5. The lowest BCUT2D eigenvalue weighted by molar-refractivity contribution is -0.203. The molecule has 30 heavy (non-hydrogen) atoms. The molecule has 0 aromatic heterocycles. The third-order valence-electron chi connectivity index (χ3n) is 11.0. The topological polar surface area (TPSA) is 77.8 Å². The lowest BCUT2D eigenvalue weighted by Gasteiger charge is -2.64. The molecule has 0 aliphatic heterocycles. The summed E-state index contributed by atoms with van der Waals surface area (Å²) in [7, 11) is 0. The molecule has 4 heteroatoms. The van der Waals surface area contributed by atoms with Crippen molar-refractivity contribution in [2.24, 2.45) is 52.3 Å². The molecule has 0 unspecified atom stereocenters. The Morgan fingerprint density at radius 1 is 1.00 bits per heavy atom. The first-order valence-corrected chi connectivity index (χ1v) is 12.7. The van der Waals surface area contributed by atoms with E-state index in [0.717, 1.165) is 32.1 Å². The summed E-state index contributed by atoms with van der Waals surface area (Å²) in [6.07, 6.45) is 9.27. The van der Waals surface area contributed by atoms with E-state index in [0.29, 0.717) is 41.4 Å². The normalized spacial score (nSPS) is 51.5. The van der Waals surface area contributed by atoms with Gasteiger partial charge in [-0.1, -0.05) is 34.1 Å². The minimum absolute atomic E-state index is 0.194. The second-order valence-electron chi connectivity index (χ2n) is 12.0. The van der Waals surface area contributed by atoms with Crippen LogP contribution in [-0.2, 0) is 4.79 Å². The van der Waals surface area contributed by atoms with Crippen molar-refractivity contribution in [3.8, 4) is 0 Å². The van der Waals surface area contributed by atoms with Crippen molar-refractivity contribution in [3.63, 3.8) is 0 Å². The molecule has 4 fully saturated rings. The number of aliphatic hydroxyl groups excluding tert-OH is 2. The molecule has 4 aliphatic carbocycles. The van der Waals surface area contributed by atoms with Gasteiger partial charge in [0.15, 0.2) is 0 Å². The predicted molar refractivity (Wildman–Crippen MR) is 118 cm³/mol. The Labute approximate surface area is 182 Å². The molecule has 3 N–H and O–H groups in total. The van der Waals surface area contributed by atoms with Crippen molar-refractivity contribution in [3.05, 3.63) is 0 Å². The van der Waals surface area contributed by atoms with E-state index in [1.165, 1.54) is 25.7 Å². The van der Waals surface area contributed by atoms with Crippen molar-refractivity contribution in [2.75, 3.05) is 0 Å². The van der Waals surface area contributed by atoms with Gasteiger partial charge in [-0.05, 0) is 104 Å². The first kappa shape index (κ1) is 22.6. The molecule has 0 spiro atoms. The largest absolute Gasteiger partial charge is 0.481 e. The molecule has 4 saturated carbocycles. The molecule has 0 radical (unpaired) electrons. The van der Waals surface area contributed by atoms with Gasteiger partial charge in [-0.2, -0.15) is 0 Å². The van der Waals surface area contributed by atoms with Gasteiger partial charge in [0, 0.05) is 6.42 Å². The smallest absolute Gasteiger partial charge is 0.303 e. The average Bonchev–Trinajstić information content (AvgIpc) is 3.05. The van der Waals surface area contributed by atoms with Crippen molar-refractivity contribution in [1.82, 2.24) is 0 Å². The van der Waals surface area contributed by atoms with E-state index in [2.05, 4.69) is 27.7 Å². The lowest BCUT2D eigenvalue weighted by atomic mass is 9.41. The third-order valence-corrected chi connectivity index (χ3v) is 11.0. The zero-order valence-electron chi connectivity index (χ0n) is 19.5. The van der Waals surface area contributed by atoms with Crippen LogP contribution in [0, 0.1) is 52.3 Å². The van der Waals surface area contributed by atoms with Crippen LogP contribution in [0.25, 0.3) is 0 Å². The summed E-state index contributed by atoms with van der Waals surface area (Å²) in [6.45, 7) is 9.44. The number of carbonyl (C=O) groups is 1. The van der Waals surface area contributed by atoms with E-state index < -0.39 is 5.97 Å². The van der Waals surface area contributed by atoms with Gasteiger partial charge in [-0.25, -0.2) is 0 Å². The van der Waals surface area contributed by atoms with Crippen LogP contribution in [0.4, 0.5) is 0 Å². The van der Waals surface area contributed by atoms with E-state index >= 15 is 0 Å². The first-order valence-electron chi connectivity index (χ1n) is 12.7. The molecule has 0 aromatic rings. The van der Waals surface area contributed by atoms with E-state index in [1.54, 1.807) is 0 Å². The molecular formula is C26H44O4. The maximum atomic E-state index is 11.7. The van der Waals surface area contributed by atoms with Crippen LogP contribution in [0.1, 0.15) is 91.9 Å². The Morgan fingerprint density at radius 2 is 1.67 bits per heavy atom. The summed E-state index contributed by atoms with van der Waals surface area (Å²) >= 11 is 0. The minimum Gasteiger partial charge on any atom is -0.481 e. The fourth-order valence-corrected chi connectivity index (χ4v) is 9.48. The molecule has 172 valence electrons. The van der Waals surface area contributed by atoms with Gasteiger partial charge >= 0.3 is 5.97 Å². The number of aliphatic carboxylic acids is 1. The summed E-state index contributed by atoms with van der Waals surface area (Å²) in [5, 5.41) is 31.3. The van der Waals surface area contributed by atoms with Crippen LogP contribution in [-0.4, -0.2) is 33.5 Å². The number of hydrogen-bond acceptors (Lipinski definition) is 3. The standard InChI is InChI=1S/C26H44O4/c1-5-17-21-14-16(27)10-12-26(21,4)20-11-13-25(3)18(15(2)6-9-22(28)29)7-8-19(25)23(20)24(17)30/h15-21,23-24,27,30H,5-14H2,1-4H3,(H,28,29)/t15-,16-,17-,18-,19+,20-,21+,23+,24-,25-,26-/m1/s1. The predicted octanol–water partition coefficient (Wildman–Crippen LogP) is 5.11. The van der Waals surface area contributed by atoms with E-state index in [1.807, 2.05) is 0 Å². The Hall–Kier alpha value is -0.610. The van der Waals surface area contributed by atoms with Gasteiger partial charge in [0.05, 0.1) is 12.2 Å². The van der Waals surface area contributed by atoms with E-state index in [9.17, 15) is 15.0 Å². The average molecular weight is 421 g/mol. The Bertz CT molecular complexity index is 649. The van der Waals surface area contributed by atoms with Gasteiger partial charge in [0.25, 0.3) is 0 Å². The molecule has 4 aliphatic rings. The Kier molecular flexibility index (Phi) is 6.07.